The number of carbonyl (C=O) groups is 2. The molecule has 0 saturated heterocycles. The summed E-state index contributed by atoms with van der Waals surface area (Å²) in [6, 6.07) is 36.2. The SMILES string of the molecule is CCOC(=O)c1ccc(-n2c(-c3ccccc3)cc(/C=N/NC(=O)COc3ccccc3Cl)c2-c2ccccc2)cc1. The molecule has 42 heavy (non-hydrogen) atoms. The summed E-state index contributed by atoms with van der Waals surface area (Å²) < 4.78 is 12.8. The van der Waals surface area contributed by atoms with E-state index in [1.807, 2.05) is 78.9 Å². The zero-order chi connectivity index (χ0) is 29.3. The van der Waals surface area contributed by atoms with Crippen molar-refractivity contribution >= 4 is 29.7 Å². The molecular formula is C34H28ClN3O4. The number of aromatic nitrogens is 1. The molecule has 0 bridgehead atoms. The van der Waals surface area contributed by atoms with Crippen LogP contribution in [0.5, 0.6) is 5.75 Å². The number of hydrogen-bond acceptors (Lipinski definition) is 5. The van der Waals surface area contributed by atoms with Crippen molar-refractivity contribution in [3.63, 3.8) is 0 Å². The van der Waals surface area contributed by atoms with Crippen LogP contribution in [0, 0.1) is 0 Å². The number of amides is 1. The number of nitrogens with zero attached hydrogens (tertiary/aromatic N) is 2. The van der Waals surface area contributed by atoms with Crippen molar-refractivity contribution in [3.8, 4) is 34.0 Å². The smallest absolute Gasteiger partial charge is 0.338 e. The Bertz CT molecular complexity index is 1700. The van der Waals surface area contributed by atoms with E-state index in [1.54, 1.807) is 49.5 Å². The first-order valence-electron chi connectivity index (χ1n) is 13.4. The number of esters is 1. The maximum atomic E-state index is 12.5. The molecule has 7 nitrogen and oxygen atoms in total. The average Bonchev–Trinajstić information content (AvgIpc) is 3.41. The van der Waals surface area contributed by atoms with Crippen LogP contribution in [0.2, 0.25) is 5.02 Å². The molecule has 5 aromatic rings. The summed E-state index contributed by atoms with van der Waals surface area (Å²) in [5.74, 6) is -0.377. The summed E-state index contributed by atoms with van der Waals surface area (Å²) in [4.78, 5) is 24.8. The highest BCUT2D eigenvalue weighted by atomic mass is 35.5. The third-order valence-electron chi connectivity index (χ3n) is 6.37. The number of carbonyl (C=O) groups excluding carboxylic acids is 2. The van der Waals surface area contributed by atoms with Crippen molar-refractivity contribution in [1.82, 2.24) is 9.99 Å². The highest BCUT2D eigenvalue weighted by molar-refractivity contribution is 6.32. The molecule has 0 spiro atoms. The minimum absolute atomic E-state index is 0.240. The molecule has 210 valence electrons. The predicted molar refractivity (Wildman–Crippen MR) is 165 cm³/mol. The Labute approximate surface area is 249 Å². The molecular weight excluding hydrogens is 550 g/mol. The van der Waals surface area contributed by atoms with E-state index in [1.165, 1.54) is 0 Å². The van der Waals surface area contributed by atoms with Crippen LogP contribution in [-0.2, 0) is 9.53 Å². The number of hydrazone groups is 1. The number of ether oxygens (including phenoxy) is 2. The van der Waals surface area contributed by atoms with Crippen LogP contribution < -0.4 is 10.2 Å². The molecule has 1 heterocycles. The van der Waals surface area contributed by atoms with E-state index in [-0.39, 0.29) is 12.6 Å². The van der Waals surface area contributed by atoms with Crippen LogP contribution in [0.15, 0.2) is 120 Å². The lowest BCUT2D eigenvalue weighted by atomic mass is 10.1. The van der Waals surface area contributed by atoms with Crippen molar-refractivity contribution in [2.45, 2.75) is 6.92 Å². The fourth-order valence-electron chi connectivity index (χ4n) is 4.48. The molecule has 0 unspecified atom stereocenters. The molecule has 0 atom stereocenters. The third kappa shape index (κ3) is 6.59. The molecule has 1 amide bonds. The van der Waals surface area contributed by atoms with Crippen LogP contribution in [-0.4, -0.2) is 35.9 Å². The largest absolute Gasteiger partial charge is 0.482 e. The summed E-state index contributed by atoms with van der Waals surface area (Å²) in [5.41, 5.74) is 8.35. The zero-order valence-corrected chi connectivity index (χ0v) is 23.6. The molecule has 1 aromatic heterocycles. The Morgan fingerprint density at radius 3 is 2.17 bits per heavy atom. The molecule has 0 fully saturated rings. The number of halogens is 1. The van der Waals surface area contributed by atoms with E-state index in [0.29, 0.717) is 22.9 Å². The summed E-state index contributed by atoms with van der Waals surface area (Å²) >= 11 is 6.11. The molecule has 4 aromatic carbocycles. The third-order valence-corrected chi connectivity index (χ3v) is 6.68. The lowest BCUT2D eigenvalue weighted by Gasteiger charge is -2.15. The first kappa shape index (κ1) is 28.4. The number of nitrogens with one attached hydrogen (secondary N) is 1. The van der Waals surface area contributed by atoms with Gasteiger partial charge in [-0.2, -0.15) is 5.10 Å². The molecule has 5 rings (SSSR count). The average molecular weight is 578 g/mol. The second-order valence-electron chi connectivity index (χ2n) is 9.18. The molecule has 1 N–H and O–H groups in total. The van der Waals surface area contributed by atoms with Gasteiger partial charge >= 0.3 is 5.97 Å². The summed E-state index contributed by atoms with van der Waals surface area (Å²) in [5, 5.41) is 4.67. The van der Waals surface area contributed by atoms with Gasteiger partial charge in [0.1, 0.15) is 5.75 Å². The van der Waals surface area contributed by atoms with Gasteiger partial charge in [0.25, 0.3) is 5.91 Å². The fourth-order valence-corrected chi connectivity index (χ4v) is 4.67. The topological polar surface area (TPSA) is 81.9 Å². The first-order valence-corrected chi connectivity index (χ1v) is 13.8. The van der Waals surface area contributed by atoms with Gasteiger partial charge in [-0.3, -0.25) is 4.79 Å². The van der Waals surface area contributed by atoms with E-state index in [0.717, 1.165) is 33.8 Å². The van der Waals surface area contributed by atoms with Gasteiger partial charge in [-0.25, -0.2) is 10.2 Å². The van der Waals surface area contributed by atoms with E-state index in [4.69, 9.17) is 21.1 Å². The van der Waals surface area contributed by atoms with E-state index >= 15 is 0 Å². The summed E-state index contributed by atoms with van der Waals surface area (Å²) in [6.45, 7) is 1.84. The van der Waals surface area contributed by atoms with Gasteiger partial charge in [-0.15, -0.1) is 0 Å². The number of rotatable bonds is 10. The maximum absolute atomic E-state index is 12.5. The second kappa shape index (κ2) is 13.5. The lowest BCUT2D eigenvalue weighted by molar-refractivity contribution is -0.123. The molecule has 0 saturated carbocycles. The van der Waals surface area contributed by atoms with Crippen molar-refractivity contribution in [3.05, 3.63) is 131 Å². The van der Waals surface area contributed by atoms with E-state index in [9.17, 15) is 9.59 Å². The molecule has 8 heteroatoms. The highest BCUT2D eigenvalue weighted by Crippen LogP contribution is 2.35. The minimum Gasteiger partial charge on any atom is -0.482 e. The predicted octanol–water partition coefficient (Wildman–Crippen LogP) is 7.17. The number of para-hydroxylation sites is 1. The standard InChI is InChI=1S/C34H28ClN3O4/c1-2-41-34(40)26-17-19-28(20-18-26)38-30(24-11-5-3-6-12-24)21-27(33(38)25-13-7-4-8-14-25)22-36-37-32(39)23-42-31-16-10-9-15-29(31)35/h3-22H,2,23H2,1H3,(H,37,39)/b36-22+. The lowest BCUT2D eigenvalue weighted by Crippen LogP contribution is -2.24. The fraction of sp³-hybridized carbons (Fsp3) is 0.0882. The number of benzene rings is 4. The number of hydrogen-bond donors (Lipinski definition) is 1. The highest BCUT2D eigenvalue weighted by Gasteiger charge is 2.19. The molecule has 0 aliphatic carbocycles. The van der Waals surface area contributed by atoms with E-state index < -0.39 is 5.91 Å². The summed E-state index contributed by atoms with van der Waals surface area (Å²) in [6.07, 6.45) is 1.62. The van der Waals surface area contributed by atoms with Crippen LogP contribution in [0.4, 0.5) is 0 Å². The maximum Gasteiger partial charge on any atom is 0.338 e. The Morgan fingerprint density at radius 1 is 0.857 bits per heavy atom. The van der Waals surface area contributed by atoms with Gasteiger partial charge in [0.15, 0.2) is 6.61 Å². The van der Waals surface area contributed by atoms with Crippen molar-refractivity contribution in [2.24, 2.45) is 5.10 Å². The van der Waals surface area contributed by atoms with Crippen LogP contribution in [0.1, 0.15) is 22.8 Å². The monoisotopic (exact) mass is 577 g/mol. The van der Waals surface area contributed by atoms with Crippen molar-refractivity contribution in [2.75, 3.05) is 13.2 Å². The minimum atomic E-state index is -0.426. The van der Waals surface area contributed by atoms with Gasteiger partial charge in [-0.1, -0.05) is 84.4 Å². The Kier molecular flexibility index (Phi) is 9.11. The van der Waals surface area contributed by atoms with Gasteiger partial charge in [0.2, 0.25) is 0 Å². The van der Waals surface area contributed by atoms with Gasteiger partial charge in [-0.05, 0) is 60.5 Å². The van der Waals surface area contributed by atoms with E-state index in [2.05, 4.69) is 15.1 Å². The van der Waals surface area contributed by atoms with Crippen LogP contribution in [0.25, 0.3) is 28.2 Å². The van der Waals surface area contributed by atoms with Crippen LogP contribution >= 0.6 is 11.6 Å². The quantitative estimate of drug-likeness (QED) is 0.108. The van der Waals surface area contributed by atoms with Crippen LogP contribution in [0.3, 0.4) is 0 Å². The normalized spacial score (nSPS) is 10.9. The Morgan fingerprint density at radius 2 is 1.50 bits per heavy atom. The molecule has 0 radical (unpaired) electrons. The van der Waals surface area contributed by atoms with Gasteiger partial charge in [0.05, 0.1) is 34.8 Å². The van der Waals surface area contributed by atoms with Gasteiger partial charge < -0.3 is 14.0 Å². The Balaban J connectivity index is 1.52. The van der Waals surface area contributed by atoms with Crippen molar-refractivity contribution in [1.29, 1.82) is 0 Å². The molecule has 0 aliphatic heterocycles. The Hall–Kier alpha value is -5.14. The summed E-state index contributed by atoms with van der Waals surface area (Å²) in [7, 11) is 0. The van der Waals surface area contributed by atoms with Crippen molar-refractivity contribution < 1.29 is 19.1 Å². The molecule has 0 aliphatic rings. The first-order chi connectivity index (χ1) is 20.5. The zero-order valence-electron chi connectivity index (χ0n) is 22.9. The van der Waals surface area contributed by atoms with Gasteiger partial charge in [0, 0.05) is 11.3 Å². The second-order valence-corrected chi connectivity index (χ2v) is 9.59.